The van der Waals surface area contributed by atoms with Crippen LogP contribution in [0.3, 0.4) is 0 Å². The molecule has 0 aliphatic carbocycles. The first-order valence-electron chi connectivity index (χ1n) is 14.3. The van der Waals surface area contributed by atoms with Crippen LogP contribution in [0.2, 0.25) is 0 Å². The average Bonchev–Trinajstić information content (AvgIpc) is 3.60. The first-order chi connectivity index (χ1) is 20.9. The van der Waals surface area contributed by atoms with Crippen molar-refractivity contribution in [2.75, 3.05) is 52.8 Å². The number of nitrogens with zero attached hydrogens (tertiary/aromatic N) is 4. The van der Waals surface area contributed by atoms with E-state index < -0.39 is 0 Å². The lowest BCUT2D eigenvalue weighted by molar-refractivity contribution is 0.0244. The van der Waals surface area contributed by atoms with Crippen molar-refractivity contribution in [1.82, 2.24) is 30.2 Å². The fourth-order valence-corrected chi connectivity index (χ4v) is 5.08. The molecule has 5 aromatic rings. The van der Waals surface area contributed by atoms with Gasteiger partial charge in [-0.2, -0.15) is 9.97 Å². The minimum Gasteiger partial charge on any atom is -0.495 e. The number of amides is 1. The summed E-state index contributed by atoms with van der Waals surface area (Å²) >= 11 is 0. The van der Waals surface area contributed by atoms with Gasteiger partial charge in [-0.1, -0.05) is 6.07 Å². The van der Waals surface area contributed by atoms with E-state index in [-0.39, 0.29) is 12.0 Å². The summed E-state index contributed by atoms with van der Waals surface area (Å²) in [4.78, 5) is 32.0. The maximum atomic E-state index is 12.7. The summed E-state index contributed by atoms with van der Waals surface area (Å²) in [5.74, 6) is 1.71. The van der Waals surface area contributed by atoms with E-state index in [1.807, 2.05) is 50.3 Å². The molecular weight excluding hydrogens is 550 g/mol. The zero-order valence-electron chi connectivity index (χ0n) is 24.7. The number of H-pyrrole nitrogens is 1. The third-order valence-corrected chi connectivity index (χ3v) is 7.31. The van der Waals surface area contributed by atoms with Crippen molar-refractivity contribution in [2.24, 2.45) is 0 Å². The molecule has 0 spiro atoms. The van der Waals surface area contributed by atoms with Gasteiger partial charge in [0.1, 0.15) is 23.0 Å². The molecule has 4 heterocycles. The molecule has 12 heteroatoms. The quantitative estimate of drug-likeness (QED) is 0.212. The lowest BCUT2D eigenvalue weighted by Crippen LogP contribution is -2.31. The number of aromatic nitrogens is 4. The molecule has 1 fully saturated rings. The minimum atomic E-state index is -0.172. The highest BCUT2D eigenvalue weighted by Crippen LogP contribution is 2.37. The number of aromatic amines is 1. The van der Waals surface area contributed by atoms with Crippen molar-refractivity contribution in [3.8, 4) is 22.8 Å². The number of anilines is 2. The van der Waals surface area contributed by atoms with Gasteiger partial charge in [-0.05, 0) is 50.0 Å². The molecule has 12 nitrogen and oxygen atoms in total. The molecule has 3 aromatic heterocycles. The Morgan fingerprint density at radius 2 is 1.95 bits per heavy atom. The molecule has 224 valence electrons. The van der Waals surface area contributed by atoms with Crippen molar-refractivity contribution in [3.63, 3.8) is 0 Å². The minimum absolute atomic E-state index is 0.0401. The second kappa shape index (κ2) is 12.3. The second-order valence-corrected chi connectivity index (χ2v) is 10.7. The first kappa shape index (κ1) is 28.4. The predicted molar refractivity (Wildman–Crippen MR) is 163 cm³/mol. The van der Waals surface area contributed by atoms with Crippen LogP contribution in [0, 0.1) is 6.92 Å². The molecule has 1 saturated heterocycles. The highest BCUT2D eigenvalue weighted by molar-refractivity contribution is 5.99. The zero-order chi connectivity index (χ0) is 29.9. The van der Waals surface area contributed by atoms with E-state index >= 15 is 0 Å². The average molecular weight is 586 g/mol. The molecule has 0 saturated carbocycles. The molecule has 0 atom stereocenters. The molecular formula is C31H35N7O5. The molecule has 1 aliphatic rings. The molecule has 0 radical (unpaired) electrons. The Morgan fingerprint density at radius 1 is 1.12 bits per heavy atom. The molecule has 6 rings (SSSR count). The third-order valence-electron chi connectivity index (χ3n) is 7.31. The van der Waals surface area contributed by atoms with Gasteiger partial charge >= 0.3 is 0 Å². The smallest absolute Gasteiger partial charge is 0.251 e. The van der Waals surface area contributed by atoms with Crippen LogP contribution in [0.4, 0.5) is 11.6 Å². The number of aryl methyl sites for hydroxylation is 1. The van der Waals surface area contributed by atoms with E-state index in [0.717, 1.165) is 41.4 Å². The van der Waals surface area contributed by atoms with Gasteiger partial charge in [-0.15, -0.1) is 0 Å². The van der Waals surface area contributed by atoms with Crippen LogP contribution in [-0.2, 0) is 4.74 Å². The van der Waals surface area contributed by atoms with Crippen molar-refractivity contribution in [1.29, 1.82) is 0 Å². The summed E-state index contributed by atoms with van der Waals surface area (Å²) in [6.45, 7) is 4.39. The molecule has 43 heavy (non-hydrogen) atoms. The number of ether oxygens (including phenoxy) is 3. The third kappa shape index (κ3) is 6.25. The number of hydrogen-bond acceptors (Lipinski definition) is 10. The summed E-state index contributed by atoms with van der Waals surface area (Å²) in [7, 11) is 5.48. The van der Waals surface area contributed by atoms with Crippen molar-refractivity contribution in [2.45, 2.75) is 25.9 Å². The lowest BCUT2D eigenvalue weighted by Gasteiger charge is -2.23. The Hall–Kier alpha value is -4.68. The zero-order valence-corrected chi connectivity index (χ0v) is 24.7. The highest BCUT2D eigenvalue weighted by Gasteiger charge is 2.23. The first-order valence-corrected chi connectivity index (χ1v) is 14.3. The van der Waals surface area contributed by atoms with E-state index in [0.29, 0.717) is 65.7 Å². The number of benzene rings is 2. The number of carbonyl (C=O) groups excluding carboxylic acids is 1. The summed E-state index contributed by atoms with van der Waals surface area (Å²) in [6.07, 6.45) is 3.39. The standard InChI is InChI=1S/C31H35N7O5/c1-18-34-24-7-5-19(15-26(24)42-18)22-17-33-28-27(22)30(43-21-9-13-41-14-10-21)37-31(36-28)35-23-8-6-20(16-25(23)40-4)29(39)32-11-12-38(2)3/h5-8,15-17,21H,9-14H2,1-4H3,(H,32,39)(H2,33,35,36,37). The Morgan fingerprint density at radius 3 is 2.74 bits per heavy atom. The van der Waals surface area contributed by atoms with E-state index in [4.69, 9.17) is 28.6 Å². The van der Waals surface area contributed by atoms with E-state index in [1.165, 1.54) is 0 Å². The Bertz CT molecular complexity index is 1760. The number of hydrogen-bond donors (Lipinski definition) is 3. The van der Waals surface area contributed by atoms with E-state index in [2.05, 4.69) is 20.6 Å². The second-order valence-electron chi connectivity index (χ2n) is 10.7. The van der Waals surface area contributed by atoms with Crippen molar-refractivity contribution < 1.29 is 23.4 Å². The number of likely N-dealkylation sites (N-methyl/N-ethyl adjacent to an activating group) is 1. The summed E-state index contributed by atoms with van der Waals surface area (Å²) in [6, 6.07) is 11.1. The van der Waals surface area contributed by atoms with Crippen LogP contribution < -0.4 is 20.1 Å². The lowest BCUT2D eigenvalue weighted by atomic mass is 10.1. The van der Waals surface area contributed by atoms with Gasteiger partial charge in [0, 0.05) is 50.2 Å². The van der Waals surface area contributed by atoms with Gasteiger partial charge in [0.25, 0.3) is 5.91 Å². The number of oxazole rings is 1. The molecule has 0 unspecified atom stereocenters. The maximum Gasteiger partial charge on any atom is 0.251 e. The Kier molecular flexibility index (Phi) is 8.12. The maximum absolute atomic E-state index is 12.7. The monoisotopic (exact) mass is 585 g/mol. The van der Waals surface area contributed by atoms with Crippen LogP contribution in [0.15, 0.2) is 47.0 Å². The molecule has 0 bridgehead atoms. The van der Waals surface area contributed by atoms with Gasteiger partial charge in [0.05, 0.1) is 31.4 Å². The Balaban J connectivity index is 1.33. The molecule has 2 aromatic carbocycles. The molecule has 1 amide bonds. The molecule has 3 N–H and O–H groups in total. The van der Waals surface area contributed by atoms with Gasteiger partial charge < -0.3 is 39.1 Å². The van der Waals surface area contributed by atoms with Gasteiger partial charge in [-0.25, -0.2) is 4.98 Å². The summed E-state index contributed by atoms with van der Waals surface area (Å²) in [5, 5.41) is 6.95. The number of fused-ring (bicyclic) bond motifs is 2. The normalized spacial score (nSPS) is 14.0. The number of methoxy groups -OCH3 is 1. The van der Waals surface area contributed by atoms with Gasteiger partial charge in [0.2, 0.25) is 11.8 Å². The fraction of sp³-hybridized carbons (Fsp3) is 0.355. The van der Waals surface area contributed by atoms with Gasteiger partial charge in [0.15, 0.2) is 11.5 Å². The van der Waals surface area contributed by atoms with Crippen LogP contribution in [-0.4, -0.2) is 84.4 Å². The van der Waals surface area contributed by atoms with Gasteiger partial charge in [-0.3, -0.25) is 4.79 Å². The summed E-state index contributed by atoms with van der Waals surface area (Å²) in [5.41, 5.74) is 5.04. The number of rotatable bonds is 10. The molecule has 1 aliphatic heterocycles. The van der Waals surface area contributed by atoms with Crippen molar-refractivity contribution >= 4 is 39.7 Å². The fourth-order valence-electron chi connectivity index (χ4n) is 5.08. The Labute approximate surface area is 248 Å². The highest BCUT2D eigenvalue weighted by atomic mass is 16.5. The van der Waals surface area contributed by atoms with Crippen LogP contribution in [0.5, 0.6) is 11.6 Å². The van der Waals surface area contributed by atoms with E-state index in [9.17, 15) is 4.79 Å². The van der Waals surface area contributed by atoms with Crippen LogP contribution in [0.1, 0.15) is 29.1 Å². The van der Waals surface area contributed by atoms with E-state index in [1.54, 1.807) is 25.3 Å². The number of nitrogens with one attached hydrogen (secondary N) is 3. The topological polar surface area (TPSA) is 140 Å². The summed E-state index contributed by atoms with van der Waals surface area (Å²) < 4.78 is 23.4. The number of carbonyl (C=O) groups is 1. The SMILES string of the molecule is COc1cc(C(=O)NCCN(C)C)ccc1Nc1nc(OC2CCOCC2)c2c(-c3ccc4nc(C)oc4c3)c[nH]c2n1. The predicted octanol–water partition coefficient (Wildman–Crippen LogP) is 4.68. The van der Waals surface area contributed by atoms with Crippen LogP contribution in [0.25, 0.3) is 33.3 Å². The van der Waals surface area contributed by atoms with Crippen LogP contribution >= 0.6 is 0 Å². The largest absolute Gasteiger partial charge is 0.495 e. The van der Waals surface area contributed by atoms with Crippen molar-refractivity contribution in [3.05, 3.63) is 54.0 Å².